The zero-order valence-corrected chi connectivity index (χ0v) is 11.0. The van der Waals surface area contributed by atoms with E-state index in [4.69, 9.17) is 10.9 Å². The van der Waals surface area contributed by atoms with Crippen LogP contribution in [0, 0.1) is 0 Å². The van der Waals surface area contributed by atoms with Crippen LogP contribution in [0.15, 0.2) is 59.1 Å². The summed E-state index contributed by atoms with van der Waals surface area (Å²) in [5.41, 5.74) is 6.77. The first-order chi connectivity index (χ1) is 9.31. The fourth-order valence-electron chi connectivity index (χ4n) is 1.64. The number of nitrogens with two attached hydrogens (primary N) is 1. The van der Waals surface area contributed by atoms with Crippen LogP contribution < -0.4 is 5.73 Å². The van der Waals surface area contributed by atoms with Crippen molar-refractivity contribution < 1.29 is 5.21 Å². The molecule has 0 aliphatic carbocycles. The van der Waals surface area contributed by atoms with Gasteiger partial charge < -0.3 is 10.9 Å². The van der Waals surface area contributed by atoms with Crippen LogP contribution in [0.2, 0.25) is 0 Å². The van der Waals surface area contributed by atoms with Gasteiger partial charge in [0.2, 0.25) is 0 Å². The number of hydrogen-bond acceptors (Lipinski definition) is 5. The van der Waals surface area contributed by atoms with Crippen molar-refractivity contribution in [2.45, 2.75) is 10.9 Å². The summed E-state index contributed by atoms with van der Waals surface area (Å²) in [5.74, 6) is 0.680. The third kappa shape index (κ3) is 3.69. The largest absolute Gasteiger partial charge is 0.409 e. The third-order valence-corrected chi connectivity index (χ3v) is 3.62. The molecule has 0 spiro atoms. The van der Waals surface area contributed by atoms with Crippen LogP contribution in [0.4, 0.5) is 0 Å². The topological polar surface area (TPSA) is 84.4 Å². The average molecular weight is 274 g/mol. The molecule has 1 aromatic heterocycles. The highest BCUT2D eigenvalue weighted by Crippen LogP contribution is 2.24. The second kappa shape index (κ2) is 6.75. The van der Waals surface area contributed by atoms with E-state index in [1.54, 1.807) is 18.6 Å². The second-order valence-corrected chi connectivity index (χ2v) is 4.88. The summed E-state index contributed by atoms with van der Waals surface area (Å²) in [5, 5.41) is 12.8. The minimum absolute atomic E-state index is 0.154. The van der Waals surface area contributed by atoms with E-state index in [0.29, 0.717) is 5.75 Å². The van der Waals surface area contributed by atoms with Crippen molar-refractivity contribution in [3.05, 3.63) is 54.5 Å². The highest BCUT2D eigenvalue weighted by Gasteiger charge is 2.17. The summed E-state index contributed by atoms with van der Waals surface area (Å²) in [6.07, 6.45) is 4.96. The molecular weight excluding hydrogens is 260 g/mol. The predicted molar refractivity (Wildman–Crippen MR) is 75.3 cm³/mol. The monoisotopic (exact) mass is 274 g/mol. The predicted octanol–water partition coefficient (Wildman–Crippen LogP) is 2.10. The van der Waals surface area contributed by atoms with Crippen LogP contribution in [0.5, 0.6) is 0 Å². The molecule has 0 fully saturated rings. The molecule has 0 amide bonds. The molecule has 0 aliphatic rings. The van der Waals surface area contributed by atoms with E-state index in [9.17, 15) is 0 Å². The molecule has 1 unspecified atom stereocenters. The number of hydrogen-bond donors (Lipinski definition) is 2. The standard InChI is InChI=1S/C13H14N4OS/c14-13(17-18)11(10-4-2-1-3-5-10)9-19-12-8-15-6-7-16-12/h1-8,11,18H,9H2,(H2,14,17). The minimum Gasteiger partial charge on any atom is -0.409 e. The van der Waals surface area contributed by atoms with Gasteiger partial charge in [-0.15, -0.1) is 11.8 Å². The van der Waals surface area contributed by atoms with Crippen molar-refractivity contribution in [1.82, 2.24) is 9.97 Å². The molecule has 0 bridgehead atoms. The minimum atomic E-state index is -0.154. The molecule has 0 aliphatic heterocycles. The number of thioether (sulfide) groups is 1. The zero-order valence-electron chi connectivity index (χ0n) is 10.2. The van der Waals surface area contributed by atoms with Gasteiger partial charge in [-0.05, 0) is 5.56 Å². The maximum atomic E-state index is 8.89. The molecule has 98 valence electrons. The lowest BCUT2D eigenvalue weighted by Gasteiger charge is -2.15. The number of oxime groups is 1. The smallest absolute Gasteiger partial charge is 0.147 e. The molecule has 2 aromatic rings. The number of amidine groups is 1. The molecular formula is C13H14N4OS. The normalized spacial score (nSPS) is 13.2. The summed E-state index contributed by atoms with van der Waals surface area (Å²) in [6.45, 7) is 0. The Bertz CT molecular complexity index is 533. The SMILES string of the molecule is NC(=NO)C(CSc1cnccn1)c1ccccc1. The Hall–Kier alpha value is -2.08. The van der Waals surface area contributed by atoms with Crippen molar-refractivity contribution in [3.63, 3.8) is 0 Å². The average Bonchev–Trinajstić information content (AvgIpc) is 2.49. The van der Waals surface area contributed by atoms with E-state index >= 15 is 0 Å². The Morgan fingerprint density at radius 2 is 2.11 bits per heavy atom. The maximum absolute atomic E-state index is 8.89. The Kier molecular flexibility index (Phi) is 4.74. The van der Waals surface area contributed by atoms with Gasteiger partial charge in [-0.25, -0.2) is 4.98 Å². The van der Waals surface area contributed by atoms with Crippen LogP contribution in [0.25, 0.3) is 0 Å². The molecule has 0 radical (unpaired) electrons. The van der Waals surface area contributed by atoms with Gasteiger partial charge in [0.15, 0.2) is 0 Å². The lowest BCUT2D eigenvalue weighted by atomic mass is 10.0. The maximum Gasteiger partial charge on any atom is 0.147 e. The summed E-state index contributed by atoms with van der Waals surface area (Å²) >= 11 is 1.52. The van der Waals surface area contributed by atoms with E-state index in [0.717, 1.165) is 10.6 Å². The van der Waals surface area contributed by atoms with Crippen molar-refractivity contribution >= 4 is 17.6 Å². The fourth-order valence-corrected chi connectivity index (χ4v) is 2.61. The van der Waals surface area contributed by atoms with Crippen LogP contribution in [0.3, 0.4) is 0 Å². The molecule has 5 nitrogen and oxygen atoms in total. The molecule has 19 heavy (non-hydrogen) atoms. The van der Waals surface area contributed by atoms with Gasteiger partial charge in [0.25, 0.3) is 0 Å². The lowest BCUT2D eigenvalue weighted by Crippen LogP contribution is -2.23. The van der Waals surface area contributed by atoms with Crippen molar-refractivity contribution in [3.8, 4) is 0 Å². The molecule has 2 rings (SSSR count). The van der Waals surface area contributed by atoms with Crippen LogP contribution in [-0.2, 0) is 0 Å². The highest BCUT2D eigenvalue weighted by molar-refractivity contribution is 7.99. The van der Waals surface area contributed by atoms with Crippen molar-refractivity contribution in [2.24, 2.45) is 10.9 Å². The summed E-state index contributed by atoms with van der Waals surface area (Å²) in [4.78, 5) is 8.19. The molecule has 1 heterocycles. The van der Waals surface area contributed by atoms with Gasteiger partial charge in [0, 0.05) is 18.1 Å². The quantitative estimate of drug-likeness (QED) is 0.287. The second-order valence-electron chi connectivity index (χ2n) is 3.84. The highest BCUT2D eigenvalue weighted by atomic mass is 32.2. The molecule has 1 aromatic carbocycles. The summed E-state index contributed by atoms with van der Waals surface area (Å²) < 4.78 is 0. The van der Waals surface area contributed by atoms with E-state index in [2.05, 4.69) is 15.1 Å². The zero-order chi connectivity index (χ0) is 13.5. The van der Waals surface area contributed by atoms with Crippen molar-refractivity contribution in [1.29, 1.82) is 0 Å². The Morgan fingerprint density at radius 3 is 2.74 bits per heavy atom. The van der Waals surface area contributed by atoms with Gasteiger partial charge in [-0.2, -0.15) is 0 Å². The number of rotatable bonds is 5. The first kappa shape index (κ1) is 13.4. The Morgan fingerprint density at radius 1 is 1.32 bits per heavy atom. The Balaban J connectivity index is 2.12. The van der Waals surface area contributed by atoms with Crippen LogP contribution >= 0.6 is 11.8 Å². The first-order valence-electron chi connectivity index (χ1n) is 5.72. The lowest BCUT2D eigenvalue weighted by molar-refractivity contribution is 0.316. The van der Waals surface area contributed by atoms with Gasteiger partial charge >= 0.3 is 0 Å². The van der Waals surface area contributed by atoms with Crippen molar-refractivity contribution in [2.75, 3.05) is 5.75 Å². The van der Waals surface area contributed by atoms with E-state index in [1.165, 1.54) is 11.8 Å². The van der Waals surface area contributed by atoms with Gasteiger partial charge in [-0.1, -0.05) is 35.5 Å². The van der Waals surface area contributed by atoms with Crippen LogP contribution in [-0.4, -0.2) is 26.8 Å². The summed E-state index contributed by atoms with van der Waals surface area (Å²) in [6, 6.07) is 9.71. The molecule has 0 saturated heterocycles. The molecule has 0 saturated carbocycles. The number of nitrogens with zero attached hydrogens (tertiary/aromatic N) is 3. The van der Waals surface area contributed by atoms with Gasteiger partial charge in [-0.3, -0.25) is 4.98 Å². The third-order valence-electron chi connectivity index (χ3n) is 2.61. The Labute approximate surface area is 115 Å². The van der Waals surface area contributed by atoms with Gasteiger partial charge in [0.1, 0.15) is 10.9 Å². The van der Waals surface area contributed by atoms with E-state index < -0.39 is 0 Å². The molecule has 1 atom stereocenters. The van der Waals surface area contributed by atoms with Crippen LogP contribution in [0.1, 0.15) is 11.5 Å². The van der Waals surface area contributed by atoms with Gasteiger partial charge in [0.05, 0.1) is 12.1 Å². The fraction of sp³-hybridized carbons (Fsp3) is 0.154. The number of benzene rings is 1. The number of aromatic nitrogens is 2. The van der Waals surface area contributed by atoms with E-state index in [1.807, 2.05) is 30.3 Å². The molecule has 3 N–H and O–H groups in total. The molecule has 6 heteroatoms. The summed E-state index contributed by atoms with van der Waals surface area (Å²) in [7, 11) is 0. The van der Waals surface area contributed by atoms with E-state index in [-0.39, 0.29) is 11.8 Å². The first-order valence-corrected chi connectivity index (χ1v) is 6.71.